The molecule has 0 aliphatic rings. The predicted octanol–water partition coefficient (Wildman–Crippen LogP) is 1.38. The van der Waals surface area contributed by atoms with Crippen molar-refractivity contribution in [2.24, 2.45) is 5.73 Å². The summed E-state index contributed by atoms with van der Waals surface area (Å²) in [5, 5.41) is 11.7. The summed E-state index contributed by atoms with van der Waals surface area (Å²) in [5.74, 6) is -1.10. The molecule has 0 aliphatic carbocycles. The zero-order valence-electron chi connectivity index (χ0n) is 10.1. The molecule has 0 spiro atoms. The first-order chi connectivity index (χ1) is 8.50. The third-order valence-corrected chi connectivity index (χ3v) is 3.65. The number of nitrogens with two attached hydrogens (primary N) is 1. The van der Waals surface area contributed by atoms with Gasteiger partial charge in [0.25, 0.3) is 0 Å². The van der Waals surface area contributed by atoms with Crippen LogP contribution in [0, 0.1) is 0 Å². The van der Waals surface area contributed by atoms with Crippen molar-refractivity contribution >= 4 is 53.3 Å². The molecule has 100 valence electrons. The van der Waals surface area contributed by atoms with Crippen LogP contribution in [0.15, 0.2) is 35.2 Å². The van der Waals surface area contributed by atoms with Crippen LogP contribution >= 0.6 is 11.8 Å². The normalized spacial score (nSPS) is 12.9. The van der Waals surface area contributed by atoms with E-state index in [1.165, 1.54) is 0 Å². The molecule has 4 N–H and O–H groups in total. The third-order valence-electron chi connectivity index (χ3n) is 2.31. The molecule has 1 unspecified atom stereocenters. The number of carboxylic acid groups (broad SMARTS) is 1. The number of aliphatic carboxylic acids is 1. The molecule has 0 heterocycles. The van der Waals surface area contributed by atoms with Gasteiger partial charge in [-0.2, -0.15) is 0 Å². The van der Waals surface area contributed by atoms with E-state index in [2.05, 4.69) is 5.32 Å². The number of carbonyl (C=O) groups excluding carboxylic acids is 1. The van der Waals surface area contributed by atoms with E-state index >= 15 is 0 Å². The van der Waals surface area contributed by atoms with Gasteiger partial charge in [-0.25, -0.2) is 9.59 Å². The van der Waals surface area contributed by atoms with Gasteiger partial charge in [0.1, 0.15) is 0 Å². The van der Waals surface area contributed by atoms with Gasteiger partial charge in [-0.3, -0.25) is 0 Å². The number of nitrogens with one attached hydrogen (secondary N) is 1. The van der Waals surface area contributed by atoms with Gasteiger partial charge >= 0.3 is 41.6 Å². The number of carboxylic acids is 1. The molecular formula is C12H17N2NaO3S. The van der Waals surface area contributed by atoms with Crippen molar-refractivity contribution in [3.05, 3.63) is 30.3 Å². The SMILES string of the molecule is CCCC(NC(N)=O)(Sc1ccccc1)C(=O)O.[NaH]. The molecular weight excluding hydrogens is 275 g/mol. The summed E-state index contributed by atoms with van der Waals surface area (Å²) >= 11 is 1.09. The molecule has 0 saturated heterocycles. The van der Waals surface area contributed by atoms with Gasteiger partial charge in [-0.1, -0.05) is 43.3 Å². The summed E-state index contributed by atoms with van der Waals surface area (Å²) in [4.78, 5) is 21.8. The summed E-state index contributed by atoms with van der Waals surface area (Å²) < 4.78 is 0. The zero-order chi connectivity index (χ0) is 13.6. The molecule has 0 radical (unpaired) electrons. The molecule has 19 heavy (non-hydrogen) atoms. The molecule has 1 aromatic carbocycles. The fourth-order valence-electron chi connectivity index (χ4n) is 1.58. The van der Waals surface area contributed by atoms with E-state index in [1.54, 1.807) is 12.1 Å². The third kappa shape index (κ3) is 5.44. The topological polar surface area (TPSA) is 92.4 Å². The van der Waals surface area contributed by atoms with Gasteiger partial charge in [0.05, 0.1) is 0 Å². The number of amides is 2. The van der Waals surface area contributed by atoms with E-state index in [-0.39, 0.29) is 29.6 Å². The monoisotopic (exact) mass is 292 g/mol. The maximum absolute atomic E-state index is 11.5. The molecule has 2 amide bonds. The van der Waals surface area contributed by atoms with Crippen molar-refractivity contribution in [3.63, 3.8) is 0 Å². The first kappa shape index (κ1) is 18.3. The number of hydrogen-bond donors (Lipinski definition) is 3. The van der Waals surface area contributed by atoms with Crippen LogP contribution in [0.4, 0.5) is 4.79 Å². The van der Waals surface area contributed by atoms with Crippen LogP contribution in [0.25, 0.3) is 0 Å². The number of carbonyl (C=O) groups is 2. The van der Waals surface area contributed by atoms with Gasteiger partial charge in [-0.05, 0) is 18.6 Å². The first-order valence-corrected chi connectivity index (χ1v) is 6.37. The van der Waals surface area contributed by atoms with Gasteiger partial charge < -0.3 is 16.2 Å². The Morgan fingerprint density at radius 3 is 2.37 bits per heavy atom. The Labute approximate surface area is 138 Å². The van der Waals surface area contributed by atoms with Crippen molar-refractivity contribution < 1.29 is 14.7 Å². The average Bonchev–Trinajstić information content (AvgIpc) is 2.29. The van der Waals surface area contributed by atoms with Crippen LogP contribution in [0.2, 0.25) is 0 Å². The minimum absolute atomic E-state index is 0. The Morgan fingerprint density at radius 2 is 1.95 bits per heavy atom. The van der Waals surface area contributed by atoms with E-state index in [9.17, 15) is 14.7 Å². The molecule has 0 saturated carbocycles. The van der Waals surface area contributed by atoms with Crippen molar-refractivity contribution in [3.8, 4) is 0 Å². The molecule has 0 aromatic heterocycles. The molecule has 5 nitrogen and oxygen atoms in total. The van der Waals surface area contributed by atoms with Crippen LogP contribution in [-0.4, -0.2) is 51.5 Å². The van der Waals surface area contributed by atoms with E-state index in [0.717, 1.165) is 16.7 Å². The Hall–Kier alpha value is -0.690. The van der Waals surface area contributed by atoms with E-state index in [1.807, 2.05) is 25.1 Å². The fourth-order valence-corrected chi connectivity index (χ4v) is 2.82. The summed E-state index contributed by atoms with van der Waals surface area (Å²) in [5.41, 5.74) is 5.07. The Balaban J connectivity index is 0.00000324. The van der Waals surface area contributed by atoms with Gasteiger partial charge in [0.2, 0.25) is 0 Å². The Bertz CT molecular complexity index is 430. The molecule has 1 atom stereocenters. The molecule has 0 bridgehead atoms. The van der Waals surface area contributed by atoms with Gasteiger partial charge in [0.15, 0.2) is 4.87 Å². The summed E-state index contributed by atoms with van der Waals surface area (Å²) in [6.45, 7) is 1.85. The molecule has 7 heteroatoms. The molecule has 0 aliphatic heterocycles. The van der Waals surface area contributed by atoms with Crippen LogP contribution in [-0.2, 0) is 4.79 Å². The van der Waals surface area contributed by atoms with Gasteiger partial charge in [0, 0.05) is 4.90 Å². The van der Waals surface area contributed by atoms with Crippen molar-refractivity contribution in [2.45, 2.75) is 29.5 Å². The average molecular weight is 292 g/mol. The standard InChI is InChI=1S/C12H16N2O3S.Na.H/c1-2-8-12(10(15)16,14-11(13)17)18-9-6-4-3-5-7-9;;/h3-7H,2,8H2,1H3,(H,15,16)(H3,13,14,17);;. The summed E-state index contributed by atoms with van der Waals surface area (Å²) in [7, 11) is 0. The number of thioether (sulfide) groups is 1. The number of urea groups is 1. The number of primary amides is 1. The van der Waals surface area contributed by atoms with Crippen molar-refractivity contribution in [1.29, 1.82) is 0 Å². The predicted molar refractivity (Wildman–Crippen MR) is 77.4 cm³/mol. The van der Waals surface area contributed by atoms with E-state index < -0.39 is 16.9 Å². The first-order valence-electron chi connectivity index (χ1n) is 5.55. The summed E-state index contributed by atoms with van der Waals surface area (Å²) in [6.07, 6.45) is 0.914. The second-order valence-corrected chi connectivity index (χ2v) is 5.16. The van der Waals surface area contributed by atoms with Crippen LogP contribution in [0.1, 0.15) is 19.8 Å². The van der Waals surface area contributed by atoms with Crippen LogP contribution in [0.5, 0.6) is 0 Å². The minimum atomic E-state index is -1.41. The van der Waals surface area contributed by atoms with Crippen molar-refractivity contribution in [1.82, 2.24) is 5.32 Å². The van der Waals surface area contributed by atoms with Gasteiger partial charge in [-0.15, -0.1) is 0 Å². The molecule has 1 aromatic rings. The number of benzene rings is 1. The molecule has 0 fully saturated rings. The second kappa shape index (κ2) is 8.47. The number of rotatable bonds is 6. The van der Waals surface area contributed by atoms with Crippen LogP contribution in [0.3, 0.4) is 0 Å². The second-order valence-electron chi connectivity index (χ2n) is 3.79. The maximum atomic E-state index is 11.5. The quantitative estimate of drug-likeness (QED) is 0.419. The van der Waals surface area contributed by atoms with Crippen molar-refractivity contribution in [2.75, 3.05) is 0 Å². The molecule has 1 rings (SSSR count). The zero-order valence-corrected chi connectivity index (χ0v) is 10.9. The summed E-state index contributed by atoms with van der Waals surface area (Å²) in [6, 6.07) is 8.21. The number of hydrogen-bond acceptors (Lipinski definition) is 3. The van der Waals surface area contributed by atoms with E-state index in [0.29, 0.717) is 12.8 Å². The van der Waals surface area contributed by atoms with E-state index in [4.69, 9.17) is 5.73 Å². The fraction of sp³-hybridized carbons (Fsp3) is 0.333. The Morgan fingerprint density at radius 1 is 1.37 bits per heavy atom. The van der Waals surface area contributed by atoms with Crippen LogP contribution < -0.4 is 11.1 Å². The Kier molecular flexibility index (Phi) is 8.17.